The van der Waals surface area contributed by atoms with Crippen LogP contribution in [0.25, 0.3) is 5.69 Å². The second-order valence-corrected chi connectivity index (χ2v) is 5.96. The molecule has 3 aromatic rings. The van der Waals surface area contributed by atoms with Gasteiger partial charge in [0.15, 0.2) is 0 Å². The number of carbonyl (C=O) groups excluding carboxylic acids is 1. The maximum absolute atomic E-state index is 12.6. The summed E-state index contributed by atoms with van der Waals surface area (Å²) in [7, 11) is 3.49. The topological polar surface area (TPSA) is 34.5 Å². The second kappa shape index (κ2) is 7.71. The van der Waals surface area contributed by atoms with E-state index in [2.05, 4.69) is 0 Å². The summed E-state index contributed by atoms with van der Waals surface area (Å²) in [6.45, 7) is 0.671. The number of ether oxygens (including phenoxy) is 1. The molecule has 0 unspecified atom stereocenters. The number of amides is 1. The molecule has 0 fully saturated rings. The first kappa shape index (κ1) is 16.8. The van der Waals surface area contributed by atoms with Gasteiger partial charge in [0.2, 0.25) is 0 Å². The molecule has 0 aliphatic rings. The third-order valence-corrected chi connectivity index (χ3v) is 4.26. The zero-order valence-electron chi connectivity index (χ0n) is 14.6. The molecule has 0 aliphatic heterocycles. The Balaban J connectivity index is 1.59. The molecule has 3 rings (SSSR count). The average Bonchev–Trinajstić information content (AvgIpc) is 3.21. The van der Waals surface area contributed by atoms with E-state index >= 15 is 0 Å². The van der Waals surface area contributed by atoms with Crippen molar-refractivity contribution < 1.29 is 9.53 Å². The van der Waals surface area contributed by atoms with Crippen LogP contribution in [0, 0.1) is 0 Å². The van der Waals surface area contributed by atoms with E-state index in [-0.39, 0.29) is 5.91 Å². The number of benzene rings is 2. The van der Waals surface area contributed by atoms with Crippen LogP contribution in [0.1, 0.15) is 15.9 Å². The minimum absolute atomic E-state index is 0.0348. The molecule has 0 aliphatic carbocycles. The fraction of sp³-hybridized carbons (Fsp3) is 0.190. The first-order chi connectivity index (χ1) is 12.2. The third kappa shape index (κ3) is 4.10. The molecule has 1 aromatic heterocycles. The van der Waals surface area contributed by atoms with Gasteiger partial charge in [0, 0.05) is 37.2 Å². The Morgan fingerprint density at radius 2 is 1.64 bits per heavy atom. The highest BCUT2D eigenvalue weighted by Crippen LogP contribution is 2.14. The van der Waals surface area contributed by atoms with Gasteiger partial charge in [-0.05, 0) is 60.5 Å². The number of hydrogen-bond acceptors (Lipinski definition) is 2. The van der Waals surface area contributed by atoms with E-state index in [1.165, 1.54) is 5.56 Å². The van der Waals surface area contributed by atoms with Crippen molar-refractivity contribution in [1.29, 1.82) is 0 Å². The van der Waals surface area contributed by atoms with Crippen LogP contribution in [0.15, 0.2) is 73.1 Å². The maximum atomic E-state index is 12.6. The van der Waals surface area contributed by atoms with Crippen LogP contribution in [0.3, 0.4) is 0 Å². The Kier molecular flexibility index (Phi) is 5.19. The van der Waals surface area contributed by atoms with Gasteiger partial charge in [-0.15, -0.1) is 0 Å². The number of nitrogens with zero attached hydrogens (tertiary/aromatic N) is 2. The van der Waals surface area contributed by atoms with E-state index < -0.39 is 0 Å². The third-order valence-electron chi connectivity index (χ3n) is 4.26. The number of hydrogen-bond donors (Lipinski definition) is 0. The lowest BCUT2D eigenvalue weighted by molar-refractivity contribution is 0.0796. The molecule has 0 bridgehead atoms. The van der Waals surface area contributed by atoms with Gasteiger partial charge in [0.05, 0.1) is 7.11 Å². The maximum Gasteiger partial charge on any atom is 0.253 e. The van der Waals surface area contributed by atoms with Crippen LogP contribution in [-0.2, 0) is 6.42 Å². The molecule has 0 spiro atoms. The van der Waals surface area contributed by atoms with Crippen molar-refractivity contribution >= 4 is 5.91 Å². The highest BCUT2D eigenvalue weighted by atomic mass is 16.5. The molecule has 1 amide bonds. The van der Waals surface area contributed by atoms with Crippen LogP contribution in [0.5, 0.6) is 5.75 Å². The number of likely N-dealkylation sites (N-methyl/N-ethyl adjacent to an activating group) is 1. The molecule has 4 nitrogen and oxygen atoms in total. The lowest BCUT2D eigenvalue weighted by atomic mass is 10.1. The number of rotatable bonds is 6. The van der Waals surface area contributed by atoms with Gasteiger partial charge in [-0.25, -0.2) is 0 Å². The zero-order valence-corrected chi connectivity index (χ0v) is 14.6. The van der Waals surface area contributed by atoms with Crippen LogP contribution < -0.4 is 4.74 Å². The van der Waals surface area contributed by atoms with Gasteiger partial charge in [-0.1, -0.05) is 12.1 Å². The normalized spacial score (nSPS) is 10.5. The van der Waals surface area contributed by atoms with E-state index in [9.17, 15) is 4.79 Å². The Morgan fingerprint density at radius 3 is 2.24 bits per heavy atom. The van der Waals surface area contributed by atoms with Gasteiger partial charge in [0.25, 0.3) is 5.91 Å². The van der Waals surface area contributed by atoms with Crippen LogP contribution in [-0.4, -0.2) is 36.1 Å². The Morgan fingerprint density at radius 1 is 1.00 bits per heavy atom. The second-order valence-electron chi connectivity index (χ2n) is 5.96. The molecule has 4 heteroatoms. The number of methoxy groups -OCH3 is 1. The van der Waals surface area contributed by atoms with E-state index in [4.69, 9.17) is 4.74 Å². The predicted molar refractivity (Wildman–Crippen MR) is 99.4 cm³/mol. The van der Waals surface area contributed by atoms with Crippen molar-refractivity contribution in [1.82, 2.24) is 9.47 Å². The van der Waals surface area contributed by atoms with Crippen LogP contribution in [0.4, 0.5) is 0 Å². The molecule has 128 valence electrons. The van der Waals surface area contributed by atoms with Crippen molar-refractivity contribution in [2.75, 3.05) is 20.7 Å². The highest BCUT2D eigenvalue weighted by molar-refractivity contribution is 5.94. The summed E-state index contributed by atoms with van der Waals surface area (Å²) >= 11 is 0. The van der Waals surface area contributed by atoms with E-state index in [0.29, 0.717) is 12.1 Å². The quantitative estimate of drug-likeness (QED) is 0.687. The SMILES string of the molecule is COc1ccc(CCN(C)C(=O)c2ccc(-n3cccc3)cc2)cc1. The van der Waals surface area contributed by atoms with Crippen molar-refractivity contribution in [2.45, 2.75) is 6.42 Å². The fourth-order valence-corrected chi connectivity index (χ4v) is 2.69. The van der Waals surface area contributed by atoms with E-state index in [1.54, 1.807) is 12.0 Å². The first-order valence-corrected chi connectivity index (χ1v) is 8.29. The van der Waals surface area contributed by atoms with Gasteiger partial charge in [-0.3, -0.25) is 4.79 Å². The lowest BCUT2D eigenvalue weighted by Crippen LogP contribution is -2.28. The lowest BCUT2D eigenvalue weighted by Gasteiger charge is -2.17. The summed E-state index contributed by atoms with van der Waals surface area (Å²) in [6, 6.07) is 19.6. The van der Waals surface area contributed by atoms with E-state index in [1.807, 2.05) is 84.7 Å². The molecule has 25 heavy (non-hydrogen) atoms. The molecule has 2 aromatic carbocycles. The molecular formula is C21H22N2O2. The molecule has 1 heterocycles. The summed E-state index contributed by atoms with van der Waals surface area (Å²) in [5.74, 6) is 0.878. The van der Waals surface area contributed by atoms with Gasteiger partial charge in [-0.2, -0.15) is 0 Å². The Bertz CT molecular complexity index is 806. The Labute approximate surface area is 148 Å². The molecule has 0 saturated heterocycles. The monoisotopic (exact) mass is 334 g/mol. The minimum Gasteiger partial charge on any atom is -0.497 e. The zero-order chi connectivity index (χ0) is 17.6. The van der Waals surface area contributed by atoms with E-state index in [0.717, 1.165) is 17.9 Å². The van der Waals surface area contributed by atoms with Gasteiger partial charge >= 0.3 is 0 Å². The summed E-state index contributed by atoms with van der Waals surface area (Å²) in [5.41, 5.74) is 2.93. The number of aromatic nitrogens is 1. The van der Waals surface area contributed by atoms with Crippen molar-refractivity contribution in [3.63, 3.8) is 0 Å². The van der Waals surface area contributed by atoms with Crippen molar-refractivity contribution in [2.24, 2.45) is 0 Å². The minimum atomic E-state index is 0.0348. The van der Waals surface area contributed by atoms with Crippen molar-refractivity contribution in [3.8, 4) is 11.4 Å². The average molecular weight is 334 g/mol. The largest absolute Gasteiger partial charge is 0.497 e. The Hall–Kier alpha value is -3.01. The smallest absolute Gasteiger partial charge is 0.253 e. The first-order valence-electron chi connectivity index (χ1n) is 8.29. The molecule has 0 atom stereocenters. The summed E-state index contributed by atoms with van der Waals surface area (Å²) in [6.07, 6.45) is 4.78. The van der Waals surface area contributed by atoms with Gasteiger partial charge < -0.3 is 14.2 Å². The summed E-state index contributed by atoms with van der Waals surface area (Å²) in [4.78, 5) is 14.3. The molecule has 0 saturated carbocycles. The van der Waals surface area contributed by atoms with Crippen molar-refractivity contribution in [3.05, 3.63) is 84.2 Å². The summed E-state index contributed by atoms with van der Waals surface area (Å²) in [5, 5.41) is 0. The number of carbonyl (C=O) groups is 1. The molecule has 0 radical (unpaired) electrons. The van der Waals surface area contributed by atoms with Gasteiger partial charge in [0.1, 0.15) is 5.75 Å². The molecule has 0 N–H and O–H groups in total. The predicted octanol–water partition coefficient (Wildman–Crippen LogP) is 3.80. The summed E-state index contributed by atoms with van der Waals surface area (Å²) < 4.78 is 7.18. The highest BCUT2D eigenvalue weighted by Gasteiger charge is 2.11. The van der Waals surface area contributed by atoms with Crippen LogP contribution >= 0.6 is 0 Å². The molecular weight excluding hydrogens is 312 g/mol. The standard InChI is InChI=1S/C21H22N2O2/c1-22(16-13-17-5-11-20(25-2)12-6-17)21(24)18-7-9-19(10-8-18)23-14-3-4-15-23/h3-12,14-15H,13,16H2,1-2H3. The van der Waals surface area contributed by atoms with Crippen LogP contribution in [0.2, 0.25) is 0 Å². The fourth-order valence-electron chi connectivity index (χ4n) is 2.69.